The van der Waals surface area contributed by atoms with Crippen molar-refractivity contribution in [3.63, 3.8) is 0 Å². The third kappa shape index (κ3) is 5.91. The van der Waals surface area contributed by atoms with Gasteiger partial charge in [0.25, 0.3) is 10.0 Å². The molecule has 0 spiro atoms. The first-order chi connectivity index (χ1) is 17.3. The van der Waals surface area contributed by atoms with Crippen LogP contribution in [0.15, 0.2) is 89.5 Å². The molecule has 3 aromatic rings. The van der Waals surface area contributed by atoms with Gasteiger partial charge in [-0.05, 0) is 35.9 Å². The summed E-state index contributed by atoms with van der Waals surface area (Å²) in [6.45, 7) is 12.2. The molecule has 2 N–H and O–H groups in total. The molecular weight excluding hydrogens is 476 g/mol. The summed E-state index contributed by atoms with van der Waals surface area (Å²) in [5.41, 5.74) is 1.67. The molecule has 0 saturated carbocycles. The molecule has 180 valence electrons. The van der Waals surface area contributed by atoms with E-state index in [-0.39, 0.29) is 33.6 Å². The van der Waals surface area contributed by atoms with Crippen LogP contribution in [0.4, 0.5) is 23.0 Å². The van der Waals surface area contributed by atoms with Gasteiger partial charge >= 0.3 is 0 Å². The number of benzene rings is 2. The maximum absolute atomic E-state index is 13.1. The van der Waals surface area contributed by atoms with Crippen molar-refractivity contribution in [2.75, 3.05) is 22.7 Å². The molecule has 0 unspecified atom stereocenters. The van der Waals surface area contributed by atoms with Crippen molar-refractivity contribution in [2.45, 2.75) is 4.90 Å². The number of hydrogen-bond acceptors (Lipinski definition) is 8. The first kappa shape index (κ1) is 25.6. The number of anilines is 2. The van der Waals surface area contributed by atoms with Crippen LogP contribution in [0.1, 0.15) is 17.0 Å². The molecule has 0 atom stereocenters. The highest BCUT2D eigenvalue weighted by atomic mass is 32.2. The van der Waals surface area contributed by atoms with Gasteiger partial charge in [0.1, 0.15) is 17.8 Å². The van der Waals surface area contributed by atoms with E-state index in [1.165, 1.54) is 12.1 Å². The zero-order valence-corrected chi connectivity index (χ0v) is 20.0. The molecule has 0 fully saturated rings. The number of nitriles is 2. The van der Waals surface area contributed by atoms with E-state index in [4.69, 9.17) is 10.5 Å². The lowest BCUT2D eigenvalue weighted by atomic mass is 10.2. The summed E-state index contributed by atoms with van der Waals surface area (Å²) in [5.74, 6) is -0.0686. The Bertz CT molecular complexity index is 1470. The fourth-order valence-corrected chi connectivity index (χ4v) is 4.21. The summed E-state index contributed by atoms with van der Waals surface area (Å²) in [7, 11) is -3.98. The SMILES string of the molecule is C=CCN(CC=C)c1ccc(N=Nc2nc(C#N)c(C#N)[nH]2)c(NS(=O)(=O)c2ccc(C=C)cc2)c1. The quantitative estimate of drug-likeness (QED) is 0.274. The summed E-state index contributed by atoms with van der Waals surface area (Å²) in [4.78, 5) is 8.48. The van der Waals surface area contributed by atoms with Crippen LogP contribution in [0.5, 0.6) is 0 Å². The maximum atomic E-state index is 13.1. The normalized spacial score (nSPS) is 10.8. The Labute approximate surface area is 209 Å². The number of nitrogens with one attached hydrogen (secondary N) is 2. The molecule has 1 aromatic heterocycles. The Morgan fingerprint density at radius 3 is 2.28 bits per heavy atom. The summed E-state index contributed by atoms with van der Waals surface area (Å²) in [5, 5.41) is 26.2. The summed E-state index contributed by atoms with van der Waals surface area (Å²) < 4.78 is 28.9. The Hall–Kier alpha value is -5.00. The minimum absolute atomic E-state index is 0.0461. The fourth-order valence-electron chi connectivity index (χ4n) is 3.14. The van der Waals surface area contributed by atoms with Crippen LogP contribution >= 0.6 is 0 Å². The number of aromatic nitrogens is 2. The van der Waals surface area contributed by atoms with Crippen molar-refractivity contribution in [1.29, 1.82) is 10.5 Å². The molecular formula is C25H22N8O2S. The van der Waals surface area contributed by atoms with E-state index < -0.39 is 10.0 Å². The van der Waals surface area contributed by atoms with Crippen LogP contribution in [-0.2, 0) is 10.0 Å². The van der Waals surface area contributed by atoms with Crippen molar-refractivity contribution in [3.8, 4) is 12.1 Å². The van der Waals surface area contributed by atoms with Gasteiger partial charge < -0.3 is 9.88 Å². The lowest BCUT2D eigenvalue weighted by Crippen LogP contribution is -2.23. The van der Waals surface area contributed by atoms with Crippen molar-refractivity contribution >= 4 is 39.1 Å². The van der Waals surface area contributed by atoms with E-state index >= 15 is 0 Å². The first-order valence-electron chi connectivity index (χ1n) is 10.5. The molecule has 3 rings (SSSR count). The average molecular weight is 499 g/mol. The van der Waals surface area contributed by atoms with Crippen molar-refractivity contribution in [3.05, 3.63) is 91.3 Å². The van der Waals surface area contributed by atoms with Gasteiger partial charge in [-0.2, -0.15) is 15.5 Å². The molecule has 0 amide bonds. The van der Waals surface area contributed by atoms with Gasteiger partial charge in [0, 0.05) is 18.8 Å². The van der Waals surface area contributed by atoms with Gasteiger partial charge in [-0.25, -0.2) is 8.42 Å². The minimum Gasteiger partial charge on any atom is -0.364 e. The number of hydrogen-bond donors (Lipinski definition) is 2. The van der Waals surface area contributed by atoms with Crippen molar-refractivity contribution in [2.24, 2.45) is 10.2 Å². The van der Waals surface area contributed by atoms with Crippen LogP contribution in [0.2, 0.25) is 0 Å². The van der Waals surface area contributed by atoms with Crippen LogP contribution in [0.3, 0.4) is 0 Å². The van der Waals surface area contributed by atoms with Crippen LogP contribution in [0, 0.1) is 22.7 Å². The minimum atomic E-state index is -3.98. The second kappa shape index (κ2) is 11.4. The third-order valence-electron chi connectivity index (χ3n) is 4.88. The molecule has 10 nitrogen and oxygen atoms in total. The number of rotatable bonds is 11. The number of azo groups is 1. The van der Waals surface area contributed by atoms with Gasteiger partial charge in [-0.15, -0.1) is 23.4 Å². The van der Waals surface area contributed by atoms with Gasteiger partial charge in [0.2, 0.25) is 5.95 Å². The number of H-pyrrole nitrogens is 1. The predicted octanol–water partition coefficient (Wildman–Crippen LogP) is 5.19. The Kier molecular flexibility index (Phi) is 8.13. The molecule has 0 aliphatic rings. The van der Waals surface area contributed by atoms with Crippen molar-refractivity contribution in [1.82, 2.24) is 9.97 Å². The van der Waals surface area contributed by atoms with E-state index in [1.807, 2.05) is 11.0 Å². The van der Waals surface area contributed by atoms with E-state index in [2.05, 4.69) is 44.7 Å². The monoisotopic (exact) mass is 498 g/mol. The molecule has 1 heterocycles. The standard InChI is InChI=1S/C25H22N8O2S/c1-4-13-33(14-5-2)19-9-12-21(30-31-25-28-23(16-26)24(17-27)29-25)22(15-19)32-36(34,35)20-10-7-18(6-3)8-11-20/h4-12,15,32H,1-3,13-14H2,(H,28,29). The van der Waals surface area contributed by atoms with E-state index in [9.17, 15) is 8.42 Å². The molecule has 0 aliphatic heterocycles. The summed E-state index contributed by atoms with van der Waals surface area (Å²) in [6.07, 6.45) is 5.06. The highest BCUT2D eigenvalue weighted by Gasteiger charge is 2.18. The molecule has 0 radical (unpaired) electrons. The van der Waals surface area contributed by atoms with Crippen molar-refractivity contribution < 1.29 is 8.42 Å². The average Bonchev–Trinajstić information content (AvgIpc) is 3.30. The van der Waals surface area contributed by atoms with E-state index in [0.717, 1.165) is 5.56 Å². The topological polar surface area (TPSA) is 150 Å². The second-order valence-electron chi connectivity index (χ2n) is 7.27. The van der Waals surface area contributed by atoms with Crippen LogP contribution in [0.25, 0.3) is 6.08 Å². The number of aromatic amines is 1. The van der Waals surface area contributed by atoms with Crippen LogP contribution in [-0.4, -0.2) is 31.5 Å². The molecule has 11 heteroatoms. The molecule has 0 bridgehead atoms. The highest BCUT2D eigenvalue weighted by molar-refractivity contribution is 7.92. The van der Waals surface area contributed by atoms with Gasteiger partial charge in [-0.1, -0.05) is 36.9 Å². The van der Waals surface area contributed by atoms with Crippen LogP contribution < -0.4 is 9.62 Å². The smallest absolute Gasteiger partial charge is 0.261 e. The predicted molar refractivity (Wildman–Crippen MR) is 139 cm³/mol. The lowest BCUT2D eigenvalue weighted by molar-refractivity contribution is 0.601. The van der Waals surface area contributed by atoms with Gasteiger partial charge in [-0.3, -0.25) is 4.72 Å². The largest absolute Gasteiger partial charge is 0.364 e. The Morgan fingerprint density at radius 1 is 1.03 bits per heavy atom. The van der Waals surface area contributed by atoms with Gasteiger partial charge in [0.15, 0.2) is 11.4 Å². The number of imidazole rings is 1. The van der Waals surface area contributed by atoms with E-state index in [1.54, 1.807) is 54.6 Å². The zero-order valence-electron chi connectivity index (χ0n) is 19.2. The zero-order chi connectivity index (χ0) is 26.1. The highest BCUT2D eigenvalue weighted by Crippen LogP contribution is 2.33. The molecule has 2 aromatic carbocycles. The molecule has 0 aliphatic carbocycles. The third-order valence-corrected chi connectivity index (χ3v) is 6.26. The second-order valence-corrected chi connectivity index (χ2v) is 8.95. The molecule has 36 heavy (non-hydrogen) atoms. The maximum Gasteiger partial charge on any atom is 0.261 e. The summed E-state index contributed by atoms with van der Waals surface area (Å²) >= 11 is 0. The molecule has 0 saturated heterocycles. The first-order valence-corrected chi connectivity index (χ1v) is 12.0. The lowest BCUT2D eigenvalue weighted by Gasteiger charge is -2.23. The van der Waals surface area contributed by atoms with E-state index in [0.29, 0.717) is 18.8 Å². The van der Waals surface area contributed by atoms with Gasteiger partial charge in [0.05, 0.1) is 10.6 Å². The Balaban J connectivity index is 2.05. The Morgan fingerprint density at radius 2 is 1.72 bits per heavy atom. The number of sulfonamides is 1. The fraction of sp³-hybridized carbons (Fsp3) is 0.0800. The summed E-state index contributed by atoms with van der Waals surface area (Å²) in [6, 6.07) is 14.8. The number of nitrogens with zero attached hydrogens (tertiary/aromatic N) is 6.